The van der Waals surface area contributed by atoms with Gasteiger partial charge in [-0.05, 0) is 43.2 Å². The Kier molecular flexibility index (Phi) is 4.43. The Labute approximate surface area is 143 Å². The molecule has 3 aromatic rings. The molecule has 0 saturated heterocycles. The number of aryl methyl sites for hydroxylation is 1. The van der Waals surface area contributed by atoms with Gasteiger partial charge in [-0.2, -0.15) is 0 Å². The molecule has 0 aliphatic carbocycles. The van der Waals surface area contributed by atoms with Crippen molar-refractivity contribution in [2.24, 2.45) is 4.99 Å². The van der Waals surface area contributed by atoms with Gasteiger partial charge in [0, 0.05) is 17.5 Å². The van der Waals surface area contributed by atoms with Crippen LogP contribution in [0, 0.1) is 10.1 Å². The largest absolute Gasteiger partial charge is 0.438 e. The van der Waals surface area contributed by atoms with Gasteiger partial charge in [0.15, 0.2) is 5.78 Å². The highest BCUT2D eigenvalue weighted by Gasteiger charge is 2.12. The minimum atomic E-state index is -0.486. The summed E-state index contributed by atoms with van der Waals surface area (Å²) in [4.78, 5) is 26.8. The molecule has 6 heteroatoms. The number of fused-ring (bicyclic) bond motifs is 1. The molecule has 25 heavy (non-hydrogen) atoms. The summed E-state index contributed by atoms with van der Waals surface area (Å²) in [5, 5.41) is 11.4. The first-order valence-electron chi connectivity index (χ1n) is 7.85. The van der Waals surface area contributed by atoms with Crippen LogP contribution in [-0.2, 0) is 6.42 Å². The number of benzene rings is 2. The van der Waals surface area contributed by atoms with E-state index in [1.54, 1.807) is 6.07 Å². The Hall–Kier alpha value is -3.28. The quantitative estimate of drug-likeness (QED) is 0.403. The van der Waals surface area contributed by atoms with Crippen molar-refractivity contribution in [2.45, 2.75) is 20.3 Å². The van der Waals surface area contributed by atoms with E-state index in [1.807, 2.05) is 24.3 Å². The van der Waals surface area contributed by atoms with Gasteiger partial charge in [-0.25, -0.2) is 4.99 Å². The number of ketones is 1. The Morgan fingerprint density at radius 1 is 1.16 bits per heavy atom. The lowest BCUT2D eigenvalue weighted by atomic mass is 10.1. The molecule has 0 fully saturated rings. The first-order chi connectivity index (χ1) is 12.0. The van der Waals surface area contributed by atoms with Crippen LogP contribution in [0.5, 0.6) is 0 Å². The Balaban J connectivity index is 2.20. The van der Waals surface area contributed by atoms with Crippen LogP contribution in [0.1, 0.15) is 29.8 Å². The van der Waals surface area contributed by atoms with E-state index < -0.39 is 4.92 Å². The molecular formula is C19H16N2O4. The number of hydrogen-bond donors (Lipinski definition) is 0. The molecule has 2 aromatic carbocycles. The molecule has 6 nitrogen and oxygen atoms in total. The average molecular weight is 336 g/mol. The minimum Gasteiger partial charge on any atom is -0.438 e. The van der Waals surface area contributed by atoms with Crippen LogP contribution < -0.4 is 5.55 Å². The van der Waals surface area contributed by atoms with Crippen LogP contribution in [0.4, 0.5) is 11.4 Å². The summed E-state index contributed by atoms with van der Waals surface area (Å²) in [5.74, 6) is -0.221. The van der Waals surface area contributed by atoms with Crippen molar-refractivity contribution >= 4 is 28.1 Å². The molecule has 0 N–H and O–H groups in total. The monoisotopic (exact) mass is 336 g/mol. The third kappa shape index (κ3) is 3.47. The average Bonchev–Trinajstić information content (AvgIpc) is 2.61. The van der Waals surface area contributed by atoms with Gasteiger partial charge >= 0.3 is 0 Å². The number of Topliss-reactive ketones (excluding diaryl/α,β-unsaturated/α-hetero) is 1. The summed E-state index contributed by atoms with van der Waals surface area (Å²) in [5.41, 5.74) is 2.71. The molecule has 0 aliphatic rings. The molecule has 0 unspecified atom stereocenters. The summed E-state index contributed by atoms with van der Waals surface area (Å²) in [7, 11) is 0. The van der Waals surface area contributed by atoms with E-state index in [9.17, 15) is 14.9 Å². The SMILES string of the molecule is CCc1ccc(/N=c2\oc3ccc([N+](=O)[O-])cc3cc2C(C)=O)cc1. The zero-order chi connectivity index (χ0) is 18.0. The third-order valence-electron chi connectivity index (χ3n) is 3.90. The lowest BCUT2D eigenvalue weighted by molar-refractivity contribution is -0.384. The minimum absolute atomic E-state index is 0.0583. The maximum absolute atomic E-state index is 12.0. The highest BCUT2D eigenvalue weighted by Crippen LogP contribution is 2.21. The standard InChI is InChI=1S/C19H16N2O4/c1-3-13-4-6-15(7-5-13)20-19-17(12(2)22)11-14-10-16(21(23)24)8-9-18(14)25-19/h4-11H,3H2,1-2H3/b20-19-. The van der Waals surface area contributed by atoms with E-state index in [2.05, 4.69) is 11.9 Å². The van der Waals surface area contributed by atoms with Gasteiger partial charge in [0.1, 0.15) is 5.58 Å². The van der Waals surface area contributed by atoms with E-state index >= 15 is 0 Å². The maximum atomic E-state index is 12.0. The normalized spacial score (nSPS) is 11.7. The third-order valence-corrected chi connectivity index (χ3v) is 3.90. The summed E-state index contributed by atoms with van der Waals surface area (Å²) in [6.45, 7) is 3.48. The number of rotatable bonds is 4. The van der Waals surface area contributed by atoms with Gasteiger partial charge < -0.3 is 4.42 Å². The smallest absolute Gasteiger partial charge is 0.270 e. The van der Waals surface area contributed by atoms with Gasteiger partial charge in [0.2, 0.25) is 5.55 Å². The topological polar surface area (TPSA) is 85.7 Å². The Morgan fingerprint density at radius 2 is 1.88 bits per heavy atom. The number of carbonyl (C=O) groups is 1. The van der Waals surface area contributed by atoms with Gasteiger partial charge in [-0.15, -0.1) is 0 Å². The van der Waals surface area contributed by atoms with Crippen molar-refractivity contribution in [1.82, 2.24) is 0 Å². The van der Waals surface area contributed by atoms with Crippen molar-refractivity contribution in [3.05, 3.63) is 75.3 Å². The van der Waals surface area contributed by atoms with E-state index in [4.69, 9.17) is 4.42 Å². The molecule has 0 spiro atoms. The molecule has 1 heterocycles. The fourth-order valence-corrected chi connectivity index (χ4v) is 2.49. The number of hydrogen-bond acceptors (Lipinski definition) is 5. The summed E-state index contributed by atoms with van der Waals surface area (Å²) in [6.07, 6.45) is 0.929. The second-order valence-corrected chi connectivity index (χ2v) is 5.63. The van der Waals surface area contributed by atoms with E-state index in [0.717, 1.165) is 6.42 Å². The predicted molar refractivity (Wildman–Crippen MR) is 93.9 cm³/mol. The van der Waals surface area contributed by atoms with Crippen LogP contribution in [-0.4, -0.2) is 10.7 Å². The maximum Gasteiger partial charge on any atom is 0.270 e. The number of nitro benzene ring substituents is 1. The fraction of sp³-hybridized carbons (Fsp3) is 0.158. The molecule has 1 aromatic heterocycles. The number of carbonyl (C=O) groups excluding carboxylic acids is 1. The van der Waals surface area contributed by atoms with Crippen LogP contribution >= 0.6 is 0 Å². The molecule has 0 bridgehead atoms. The van der Waals surface area contributed by atoms with Crippen LogP contribution in [0.2, 0.25) is 0 Å². The Bertz CT molecular complexity index is 1030. The van der Waals surface area contributed by atoms with Crippen molar-refractivity contribution in [3.63, 3.8) is 0 Å². The zero-order valence-corrected chi connectivity index (χ0v) is 13.9. The van der Waals surface area contributed by atoms with Crippen LogP contribution in [0.15, 0.2) is 57.9 Å². The lowest BCUT2D eigenvalue weighted by Crippen LogP contribution is -2.13. The van der Waals surface area contributed by atoms with Crippen molar-refractivity contribution in [2.75, 3.05) is 0 Å². The van der Waals surface area contributed by atoms with Gasteiger partial charge in [-0.3, -0.25) is 14.9 Å². The second kappa shape index (κ2) is 6.68. The first-order valence-corrected chi connectivity index (χ1v) is 7.85. The molecule has 0 amide bonds. The van der Waals surface area contributed by atoms with E-state index in [0.29, 0.717) is 16.7 Å². The molecular weight excluding hydrogens is 320 g/mol. The van der Waals surface area contributed by atoms with Crippen LogP contribution in [0.25, 0.3) is 11.0 Å². The van der Waals surface area contributed by atoms with Crippen molar-refractivity contribution < 1.29 is 14.1 Å². The summed E-state index contributed by atoms with van der Waals surface area (Å²) in [6, 6.07) is 13.5. The van der Waals surface area contributed by atoms with Crippen molar-refractivity contribution in [3.8, 4) is 0 Å². The molecule has 126 valence electrons. The summed E-state index contributed by atoms with van der Waals surface area (Å²) >= 11 is 0. The van der Waals surface area contributed by atoms with E-state index in [-0.39, 0.29) is 22.6 Å². The second-order valence-electron chi connectivity index (χ2n) is 5.63. The van der Waals surface area contributed by atoms with Crippen LogP contribution in [0.3, 0.4) is 0 Å². The first kappa shape index (κ1) is 16.6. The molecule has 0 saturated carbocycles. The molecule has 3 rings (SSSR count). The van der Waals surface area contributed by atoms with E-state index in [1.165, 1.54) is 30.7 Å². The highest BCUT2D eigenvalue weighted by molar-refractivity contribution is 5.96. The number of non-ortho nitro benzene ring substituents is 1. The predicted octanol–water partition coefficient (Wildman–Crippen LogP) is 4.34. The van der Waals surface area contributed by atoms with Gasteiger partial charge in [0.05, 0.1) is 16.2 Å². The van der Waals surface area contributed by atoms with Crippen molar-refractivity contribution in [1.29, 1.82) is 0 Å². The highest BCUT2D eigenvalue weighted by atomic mass is 16.6. The van der Waals surface area contributed by atoms with Gasteiger partial charge in [0.25, 0.3) is 5.69 Å². The molecule has 0 atom stereocenters. The zero-order valence-electron chi connectivity index (χ0n) is 13.9. The number of nitro groups is 1. The number of nitrogens with zero attached hydrogens (tertiary/aromatic N) is 2. The summed E-state index contributed by atoms with van der Waals surface area (Å²) < 4.78 is 5.74. The lowest BCUT2D eigenvalue weighted by Gasteiger charge is -2.03. The fourth-order valence-electron chi connectivity index (χ4n) is 2.49. The van der Waals surface area contributed by atoms with Gasteiger partial charge in [-0.1, -0.05) is 19.1 Å². The molecule has 0 radical (unpaired) electrons. The Morgan fingerprint density at radius 3 is 2.48 bits per heavy atom. The molecule has 0 aliphatic heterocycles.